The summed E-state index contributed by atoms with van der Waals surface area (Å²) in [5, 5.41) is 4.96. The molecule has 6 heteroatoms. The molecule has 4 rings (SSSR count). The van der Waals surface area contributed by atoms with E-state index in [-0.39, 0.29) is 12.5 Å². The summed E-state index contributed by atoms with van der Waals surface area (Å²) in [5.74, 6) is 0.215. The second-order valence-corrected chi connectivity index (χ2v) is 6.29. The number of fused-ring (bicyclic) bond motifs is 3. The Bertz CT molecular complexity index is 1120. The highest BCUT2D eigenvalue weighted by Crippen LogP contribution is 2.33. The highest BCUT2D eigenvalue weighted by molar-refractivity contribution is 6.04. The van der Waals surface area contributed by atoms with Crippen LogP contribution in [0.4, 0.5) is 5.69 Å². The third-order valence-corrected chi connectivity index (χ3v) is 4.38. The molecule has 0 bridgehead atoms. The average Bonchev–Trinajstić information content (AvgIpc) is 3.16. The zero-order valence-electron chi connectivity index (χ0n) is 15.5. The van der Waals surface area contributed by atoms with Crippen molar-refractivity contribution < 1.29 is 18.7 Å². The van der Waals surface area contributed by atoms with E-state index >= 15 is 0 Å². The Balaban J connectivity index is 1.63. The second-order valence-electron chi connectivity index (χ2n) is 6.29. The van der Waals surface area contributed by atoms with Crippen molar-refractivity contribution in [2.45, 2.75) is 0 Å². The van der Waals surface area contributed by atoms with E-state index in [1.165, 1.54) is 0 Å². The first kappa shape index (κ1) is 18.2. The molecule has 0 unspecified atom stereocenters. The van der Waals surface area contributed by atoms with E-state index < -0.39 is 0 Å². The molecule has 6 nitrogen and oxygen atoms in total. The van der Waals surface area contributed by atoms with Crippen molar-refractivity contribution in [2.24, 2.45) is 0 Å². The average molecular weight is 376 g/mol. The molecule has 1 amide bonds. The predicted octanol–water partition coefficient (Wildman–Crippen LogP) is 4.25. The summed E-state index contributed by atoms with van der Waals surface area (Å²) in [5.41, 5.74) is 2.85. The number of nitrogens with one attached hydrogen (secondary N) is 1. The van der Waals surface area contributed by atoms with Gasteiger partial charge >= 0.3 is 0 Å². The van der Waals surface area contributed by atoms with Crippen LogP contribution >= 0.6 is 0 Å². The monoisotopic (exact) mass is 376 g/mol. The van der Waals surface area contributed by atoms with Crippen LogP contribution in [-0.4, -0.2) is 37.8 Å². The first-order valence-electron chi connectivity index (χ1n) is 9.00. The Hall–Kier alpha value is -3.22. The third-order valence-electron chi connectivity index (χ3n) is 4.38. The number of amides is 1. The lowest BCUT2D eigenvalue weighted by atomic mass is 10.1. The fourth-order valence-corrected chi connectivity index (χ4v) is 3.04. The molecule has 0 saturated heterocycles. The number of methoxy groups -OCH3 is 1. The lowest BCUT2D eigenvalue weighted by Crippen LogP contribution is -2.20. The van der Waals surface area contributed by atoms with Gasteiger partial charge in [-0.3, -0.25) is 4.79 Å². The van der Waals surface area contributed by atoms with Crippen LogP contribution in [0.25, 0.3) is 33.3 Å². The molecule has 0 aliphatic rings. The summed E-state index contributed by atoms with van der Waals surface area (Å²) >= 11 is 0. The van der Waals surface area contributed by atoms with E-state index in [9.17, 15) is 4.79 Å². The maximum Gasteiger partial charge on any atom is 0.250 e. The van der Waals surface area contributed by atoms with Crippen molar-refractivity contribution in [1.82, 2.24) is 4.98 Å². The smallest absolute Gasteiger partial charge is 0.250 e. The van der Waals surface area contributed by atoms with Crippen LogP contribution in [-0.2, 0) is 14.3 Å². The number of oxazole rings is 1. The van der Waals surface area contributed by atoms with Crippen LogP contribution in [0.5, 0.6) is 0 Å². The number of hydrogen-bond acceptors (Lipinski definition) is 5. The maximum absolute atomic E-state index is 12.2. The number of rotatable bonds is 7. The molecule has 0 fully saturated rings. The summed E-state index contributed by atoms with van der Waals surface area (Å²) in [4.78, 5) is 16.8. The number of benzene rings is 3. The molecule has 1 heterocycles. The summed E-state index contributed by atoms with van der Waals surface area (Å²) in [6.07, 6.45) is 0. The number of para-hydroxylation sites is 1. The van der Waals surface area contributed by atoms with E-state index in [4.69, 9.17) is 13.9 Å². The molecule has 0 radical (unpaired) electrons. The molecule has 0 atom stereocenters. The first-order chi connectivity index (χ1) is 13.8. The molecule has 3 aromatic carbocycles. The Morgan fingerprint density at radius 2 is 1.86 bits per heavy atom. The maximum atomic E-state index is 12.2. The number of hydrogen-bond donors (Lipinski definition) is 1. The summed E-state index contributed by atoms with van der Waals surface area (Å²) in [6.45, 7) is 0.764. The summed E-state index contributed by atoms with van der Waals surface area (Å²) in [6, 6.07) is 19.4. The number of ether oxygens (including phenoxy) is 2. The van der Waals surface area contributed by atoms with Gasteiger partial charge in [0, 0.05) is 12.5 Å². The van der Waals surface area contributed by atoms with Crippen molar-refractivity contribution in [3.63, 3.8) is 0 Å². The van der Waals surface area contributed by atoms with Gasteiger partial charge in [-0.1, -0.05) is 42.5 Å². The number of carbonyl (C=O) groups excluding carboxylic acids is 1. The highest BCUT2D eigenvalue weighted by atomic mass is 16.5. The Morgan fingerprint density at radius 1 is 1.04 bits per heavy atom. The van der Waals surface area contributed by atoms with E-state index in [1.54, 1.807) is 7.11 Å². The van der Waals surface area contributed by atoms with E-state index in [0.29, 0.717) is 30.4 Å². The molecule has 0 saturated carbocycles. The van der Waals surface area contributed by atoms with Gasteiger partial charge in [0.2, 0.25) is 11.8 Å². The zero-order chi connectivity index (χ0) is 19.3. The van der Waals surface area contributed by atoms with Crippen molar-refractivity contribution in [2.75, 3.05) is 32.2 Å². The van der Waals surface area contributed by atoms with Gasteiger partial charge in [0.15, 0.2) is 5.58 Å². The minimum atomic E-state index is -0.245. The van der Waals surface area contributed by atoms with Crippen LogP contribution in [0.2, 0.25) is 0 Å². The zero-order valence-corrected chi connectivity index (χ0v) is 15.5. The van der Waals surface area contributed by atoms with Crippen LogP contribution in [0.15, 0.2) is 65.1 Å². The van der Waals surface area contributed by atoms with Crippen LogP contribution in [0.1, 0.15) is 0 Å². The third kappa shape index (κ3) is 3.74. The largest absolute Gasteiger partial charge is 0.435 e. The lowest BCUT2D eigenvalue weighted by Gasteiger charge is -2.09. The summed E-state index contributed by atoms with van der Waals surface area (Å²) in [7, 11) is 1.59. The Kier molecular flexibility index (Phi) is 5.32. The fourth-order valence-electron chi connectivity index (χ4n) is 3.04. The number of anilines is 1. The van der Waals surface area contributed by atoms with Gasteiger partial charge in [0.05, 0.1) is 24.5 Å². The van der Waals surface area contributed by atoms with Gasteiger partial charge in [-0.2, -0.15) is 0 Å². The number of carbonyl (C=O) groups is 1. The molecule has 0 spiro atoms. The van der Waals surface area contributed by atoms with Crippen LogP contribution < -0.4 is 5.32 Å². The predicted molar refractivity (Wildman–Crippen MR) is 108 cm³/mol. The SMILES string of the molecule is COCCOCC(=O)Nc1ccccc1-c1nc2ccc3ccccc3c2o1. The Morgan fingerprint density at radius 3 is 2.75 bits per heavy atom. The van der Waals surface area contributed by atoms with Gasteiger partial charge in [-0.25, -0.2) is 4.98 Å². The minimum Gasteiger partial charge on any atom is -0.435 e. The molecule has 28 heavy (non-hydrogen) atoms. The van der Waals surface area contributed by atoms with Gasteiger partial charge in [-0.05, 0) is 23.6 Å². The first-order valence-corrected chi connectivity index (χ1v) is 9.00. The van der Waals surface area contributed by atoms with Crippen molar-refractivity contribution >= 4 is 33.5 Å². The van der Waals surface area contributed by atoms with Gasteiger partial charge in [-0.15, -0.1) is 0 Å². The minimum absolute atomic E-state index is 0.0457. The van der Waals surface area contributed by atoms with Gasteiger partial charge in [0.1, 0.15) is 12.1 Å². The molecule has 142 valence electrons. The quantitative estimate of drug-likeness (QED) is 0.488. The lowest BCUT2D eigenvalue weighted by molar-refractivity contribution is -0.121. The number of nitrogens with zero attached hydrogens (tertiary/aromatic N) is 1. The van der Waals surface area contributed by atoms with Crippen LogP contribution in [0, 0.1) is 0 Å². The van der Waals surface area contributed by atoms with Gasteiger partial charge in [0.25, 0.3) is 0 Å². The molecule has 1 aromatic heterocycles. The molecule has 4 aromatic rings. The van der Waals surface area contributed by atoms with Crippen molar-refractivity contribution in [3.05, 3.63) is 60.7 Å². The standard InChI is InChI=1S/C22H20N2O4/c1-26-12-13-27-14-20(25)23-18-9-5-4-8-17(18)22-24-19-11-10-15-6-2-3-7-16(15)21(19)28-22/h2-11H,12-14H2,1H3,(H,23,25). The van der Waals surface area contributed by atoms with E-state index in [1.807, 2.05) is 60.7 Å². The molecular weight excluding hydrogens is 356 g/mol. The summed E-state index contributed by atoms with van der Waals surface area (Å²) < 4.78 is 16.3. The molecule has 1 N–H and O–H groups in total. The molecule has 0 aliphatic heterocycles. The van der Waals surface area contributed by atoms with Crippen molar-refractivity contribution in [3.8, 4) is 11.5 Å². The topological polar surface area (TPSA) is 73.6 Å². The van der Waals surface area contributed by atoms with E-state index in [0.717, 1.165) is 21.9 Å². The van der Waals surface area contributed by atoms with Crippen molar-refractivity contribution in [1.29, 1.82) is 0 Å². The number of aromatic nitrogens is 1. The normalized spacial score (nSPS) is 11.2. The van der Waals surface area contributed by atoms with Gasteiger partial charge < -0.3 is 19.2 Å². The highest BCUT2D eigenvalue weighted by Gasteiger charge is 2.15. The van der Waals surface area contributed by atoms with Crippen LogP contribution in [0.3, 0.4) is 0 Å². The van der Waals surface area contributed by atoms with E-state index in [2.05, 4.69) is 10.3 Å². The Labute approximate surface area is 162 Å². The molecular formula is C22H20N2O4. The molecule has 0 aliphatic carbocycles. The second kappa shape index (κ2) is 8.21. The fraction of sp³-hybridized carbons (Fsp3) is 0.182.